The molecule has 0 amide bonds. The van der Waals surface area contributed by atoms with Crippen LogP contribution in [0.4, 0.5) is 34.6 Å². The van der Waals surface area contributed by atoms with Crippen molar-refractivity contribution in [2.45, 2.75) is 4.90 Å². The Balaban J connectivity index is 1.33. The molecule has 45 heavy (non-hydrogen) atoms. The van der Waals surface area contributed by atoms with Crippen LogP contribution in [0.3, 0.4) is 0 Å². The van der Waals surface area contributed by atoms with Crippen LogP contribution in [0, 0.1) is 0 Å². The number of aromatic carboxylic acids is 2. The Hall–Kier alpha value is -6.05. The van der Waals surface area contributed by atoms with Crippen molar-refractivity contribution in [3.8, 4) is 0 Å². The van der Waals surface area contributed by atoms with Gasteiger partial charge >= 0.3 is 11.9 Å². The van der Waals surface area contributed by atoms with Gasteiger partial charge in [-0.05, 0) is 94.3 Å². The Bertz CT molecular complexity index is 2120. The molecular weight excluding hydrogens is 598 g/mol. The van der Waals surface area contributed by atoms with E-state index in [2.05, 4.69) is 25.9 Å². The molecular formula is C32H23N5O7S. The first-order chi connectivity index (χ1) is 21.5. The van der Waals surface area contributed by atoms with Crippen molar-refractivity contribution in [1.82, 2.24) is 9.97 Å². The molecule has 224 valence electrons. The summed E-state index contributed by atoms with van der Waals surface area (Å²) in [4.78, 5) is 31.5. The minimum absolute atomic E-state index is 0.167. The summed E-state index contributed by atoms with van der Waals surface area (Å²) in [6, 6.07) is 27.7. The molecule has 0 bridgehead atoms. The molecule has 1 heterocycles. The first kappa shape index (κ1) is 29.0. The lowest BCUT2D eigenvalue weighted by Gasteiger charge is -2.14. The SMILES string of the molecule is O=C(O)c1ccc2cc(Nc3cc(Nc4ccc5cc(C(=O)O)ccc5c4)nc(Nc4ccc(S(=O)(=O)O)cc4)n3)ccc2c1. The molecule has 0 aliphatic heterocycles. The van der Waals surface area contributed by atoms with Crippen LogP contribution >= 0.6 is 0 Å². The summed E-state index contributed by atoms with van der Waals surface area (Å²) in [6.45, 7) is 0. The predicted molar refractivity (Wildman–Crippen MR) is 170 cm³/mol. The van der Waals surface area contributed by atoms with E-state index in [4.69, 9.17) is 0 Å². The van der Waals surface area contributed by atoms with Crippen LogP contribution in [-0.2, 0) is 10.1 Å². The minimum Gasteiger partial charge on any atom is -0.478 e. The molecule has 0 spiro atoms. The fourth-order valence-corrected chi connectivity index (χ4v) is 5.16. The van der Waals surface area contributed by atoms with Crippen molar-refractivity contribution >= 4 is 78.2 Å². The number of rotatable bonds is 9. The van der Waals surface area contributed by atoms with Crippen molar-refractivity contribution in [2.24, 2.45) is 0 Å². The molecule has 0 saturated carbocycles. The molecule has 13 heteroatoms. The molecule has 6 aromatic rings. The zero-order chi connectivity index (χ0) is 31.7. The molecule has 0 atom stereocenters. The zero-order valence-electron chi connectivity index (χ0n) is 23.1. The Kier molecular flexibility index (Phi) is 7.46. The summed E-state index contributed by atoms with van der Waals surface area (Å²) < 4.78 is 32.2. The van der Waals surface area contributed by atoms with E-state index in [1.807, 2.05) is 12.1 Å². The lowest BCUT2D eigenvalue weighted by Crippen LogP contribution is -2.05. The lowest BCUT2D eigenvalue weighted by molar-refractivity contribution is 0.0686. The van der Waals surface area contributed by atoms with Gasteiger partial charge in [-0.15, -0.1) is 0 Å². The Morgan fingerprint density at radius 3 is 1.40 bits per heavy atom. The number of benzene rings is 5. The summed E-state index contributed by atoms with van der Waals surface area (Å²) >= 11 is 0. The van der Waals surface area contributed by atoms with E-state index in [-0.39, 0.29) is 22.0 Å². The second kappa shape index (κ2) is 11.6. The number of nitrogens with zero attached hydrogens (tertiary/aromatic N) is 2. The van der Waals surface area contributed by atoms with Crippen molar-refractivity contribution in [3.63, 3.8) is 0 Å². The summed E-state index contributed by atoms with van der Waals surface area (Å²) in [6.07, 6.45) is 0. The van der Waals surface area contributed by atoms with Gasteiger partial charge in [-0.1, -0.05) is 24.3 Å². The van der Waals surface area contributed by atoms with E-state index in [0.717, 1.165) is 21.5 Å². The van der Waals surface area contributed by atoms with Crippen LogP contribution < -0.4 is 16.0 Å². The smallest absolute Gasteiger partial charge is 0.335 e. The maximum absolute atomic E-state index is 11.4. The van der Waals surface area contributed by atoms with Gasteiger partial charge in [-0.2, -0.15) is 18.4 Å². The highest BCUT2D eigenvalue weighted by Crippen LogP contribution is 2.28. The molecule has 0 aliphatic carbocycles. The lowest BCUT2D eigenvalue weighted by atomic mass is 10.1. The van der Waals surface area contributed by atoms with Crippen LogP contribution in [0.15, 0.2) is 108 Å². The van der Waals surface area contributed by atoms with Crippen molar-refractivity contribution in [1.29, 1.82) is 0 Å². The van der Waals surface area contributed by atoms with Gasteiger partial charge in [-0.25, -0.2) is 9.59 Å². The first-order valence-corrected chi connectivity index (χ1v) is 14.8. The summed E-state index contributed by atoms with van der Waals surface area (Å²) in [7, 11) is -4.36. The van der Waals surface area contributed by atoms with E-state index in [1.165, 1.54) is 36.4 Å². The molecule has 12 nitrogen and oxygen atoms in total. The van der Waals surface area contributed by atoms with E-state index in [0.29, 0.717) is 28.7 Å². The largest absolute Gasteiger partial charge is 0.478 e. The van der Waals surface area contributed by atoms with Crippen LogP contribution in [0.5, 0.6) is 0 Å². The van der Waals surface area contributed by atoms with Crippen LogP contribution in [-0.4, -0.2) is 45.1 Å². The Morgan fingerprint density at radius 2 is 0.956 bits per heavy atom. The molecule has 0 radical (unpaired) electrons. The molecule has 0 fully saturated rings. The van der Waals surface area contributed by atoms with Crippen LogP contribution in [0.2, 0.25) is 0 Å². The van der Waals surface area contributed by atoms with E-state index in [1.54, 1.807) is 54.6 Å². The molecule has 5 aromatic carbocycles. The molecule has 6 N–H and O–H groups in total. The van der Waals surface area contributed by atoms with Crippen molar-refractivity contribution in [2.75, 3.05) is 16.0 Å². The normalized spacial score (nSPS) is 11.3. The zero-order valence-corrected chi connectivity index (χ0v) is 23.9. The highest BCUT2D eigenvalue weighted by molar-refractivity contribution is 7.85. The molecule has 0 aliphatic rings. The van der Waals surface area contributed by atoms with Gasteiger partial charge in [0.05, 0.1) is 16.0 Å². The fourth-order valence-electron chi connectivity index (χ4n) is 4.68. The number of carboxylic acids is 2. The first-order valence-electron chi connectivity index (χ1n) is 13.3. The van der Waals surface area contributed by atoms with Gasteiger partial charge < -0.3 is 26.2 Å². The van der Waals surface area contributed by atoms with Crippen LogP contribution in [0.25, 0.3) is 21.5 Å². The second-order valence-electron chi connectivity index (χ2n) is 10.0. The molecule has 6 rings (SSSR count). The third-order valence-electron chi connectivity index (χ3n) is 6.85. The minimum atomic E-state index is -4.36. The maximum Gasteiger partial charge on any atom is 0.335 e. The van der Waals surface area contributed by atoms with Gasteiger partial charge in [0.2, 0.25) is 5.95 Å². The second-order valence-corrected chi connectivity index (χ2v) is 11.4. The monoisotopic (exact) mass is 621 g/mol. The topological polar surface area (TPSA) is 191 Å². The van der Waals surface area contributed by atoms with Crippen LogP contribution in [0.1, 0.15) is 20.7 Å². The average molecular weight is 622 g/mol. The number of carboxylic acid groups (broad SMARTS) is 2. The Labute approximate surface area is 255 Å². The highest BCUT2D eigenvalue weighted by atomic mass is 32.2. The highest BCUT2D eigenvalue weighted by Gasteiger charge is 2.12. The number of hydrogen-bond donors (Lipinski definition) is 6. The summed E-state index contributed by atoms with van der Waals surface area (Å²) in [5.41, 5.74) is 2.19. The maximum atomic E-state index is 11.4. The van der Waals surface area contributed by atoms with Gasteiger partial charge in [0.25, 0.3) is 10.1 Å². The number of hydrogen-bond acceptors (Lipinski definition) is 9. The predicted octanol–water partition coefficient (Wildman–Crippen LogP) is 6.66. The summed E-state index contributed by atoms with van der Waals surface area (Å²) in [5, 5.41) is 31.3. The number of fused-ring (bicyclic) bond motifs is 2. The quantitative estimate of drug-likeness (QED) is 0.0943. The third-order valence-corrected chi connectivity index (χ3v) is 7.72. The molecule has 0 saturated heterocycles. The van der Waals surface area contributed by atoms with Gasteiger partial charge in [-0.3, -0.25) is 4.55 Å². The number of nitrogens with one attached hydrogen (secondary N) is 3. The van der Waals surface area contributed by atoms with Gasteiger partial charge in [0.15, 0.2) is 0 Å². The molecule has 0 unspecified atom stereocenters. The standard InChI is InChI=1S/C32H23N5O7S/c38-30(39)22-3-1-20-15-25(7-5-18(20)13-22)33-28-17-29(34-26-8-6-19-14-23(31(40)41)4-2-21(19)16-26)37-32(36-28)35-24-9-11-27(12-10-24)45(42,43)44/h1-17H,(H,38,39)(H,40,41)(H,42,43,44)(H3,33,34,35,36,37). The summed E-state index contributed by atoms with van der Waals surface area (Å²) in [5.74, 6) is -1.05. The van der Waals surface area contributed by atoms with E-state index >= 15 is 0 Å². The fraction of sp³-hybridized carbons (Fsp3) is 0. The van der Waals surface area contributed by atoms with Crippen molar-refractivity contribution in [3.05, 3.63) is 114 Å². The number of carbonyl (C=O) groups is 2. The average Bonchev–Trinajstić information content (AvgIpc) is 3.00. The Morgan fingerprint density at radius 1 is 0.533 bits per heavy atom. The number of aromatic nitrogens is 2. The van der Waals surface area contributed by atoms with Gasteiger partial charge in [0, 0.05) is 23.1 Å². The van der Waals surface area contributed by atoms with E-state index < -0.39 is 22.1 Å². The third kappa shape index (κ3) is 6.64. The molecule has 1 aromatic heterocycles. The number of anilines is 6. The van der Waals surface area contributed by atoms with E-state index in [9.17, 15) is 32.8 Å². The van der Waals surface area contributed by atoms with Gasteiger partial charge in [0.1, 0.15) is 11.6 Å². The van der Waals surface area contributed by atoms with Crippen molar-refractivity contribution < 1.29 is 32.8 Å².